The summed E-state index contributed by atoms with van der Waals surface area (Å²) in [6.45, 7) is 7.13. The van der Waals surface area contributed by atoms with Gasteiger partial charge in [0, 0.05) is 41.6 Å². The standard InChI is InChI=1S/C27H30ClN3O5/c1-27(2,3)36-26(33)29-11-14-35-23-10-9-21(16-24(23)34-4)31-13-12-30-17-19(15-22(30)25(31)32)18-5-7-20(28)8-6-18/h5-10,15-17H,11-14H2,1-4H3,(H,29,33). The molecule has 9 heteroatoms. The fraction of sp³-hybridized carbons (Fsp3) is 0.333. The number of halogens is 1. The molecule has 0 saturated heterocycles. The first-order chi connectivity index (χ1) is 17.1. The van der Waals surface area contributed by atoms with E-state index >= 15 is 0 Å². The number of nitrogens with zero attached hydrogens (tertiary/aromatic N) is 2. The van der Waals surface area contributed by atoms with Crippen molar-refractivity contribution in [2.24, 2.45) is 0 Å². The lowest BCUT2D eigenvalue weighted by Crippen LogP contribution is -2.39. The Morgan fingerprint density at radius 3 is 2.47 bits per heavy atom. The molecule has 1 aliphatic rings. The summed E-state index contributed by atoms with van der Waals surface area (Å²) in [7, 11) is 1.55. The number of benzene rings is 2. The van der Waals surface area contributed by atoms with Crippen LogP contribution in [-0.2, 0) is 11.3 Å². The summed E-state index contributed by atoms with van der Waals surface area (Å²) in [4.78, 5) is 26.8. The third-order valence-electron chi connectivity index (χ3n) is 5.59. The van der Waals surface area contributed by atoms with E-state index in [1.165, 1.54) is 0 Å². The van der Waals surface area contributed by atoms with Crippen LogP contribution < -0.4 is 19.7 Å². The Morgan fingerprint density at radius 1 is 1.03 bits per heavy atom. The summed E-state index contributed by atoms with van der Waals surface area (Å²) >= 11 is 6.01. The number of alkyl carbamates (subject to hydrolysis) is 1. The number of aromatic nitrogens is 1. The number of nitrogens with one attached hydrogen (secondary N) is 1. The van der Waals surface area contributed by atoms with Crippen molar-refractivity contribution in [3.8, 4) is 22.6 Å². The van der Waals surface area contributed by atoms with Gasteiger partial charge >= 0.3 is 6.09 Å². The molecule has 0 fully saturated rings. The molecule has 8 nitrogen and oxygen atoms in total. The third kappa shape index (κ3) is 5.94. The number of ether oxygens (including phenoxy) is 3. The van der Waals surface area contributed by atoms with Gasteiger partial charge in [0.15, 0.2) is 11.5 Å². The van der Waals surface area contributed by atoms with Crippen LogP contribution in [0.1, 0.15) is 31.3 Å². The van der Waals surface area contributed by atoms with Crippen molar-refractivity contribution in [1.82, 2.24) is 9.88 Å². The monoisotopic (exact) mass is 511 g/mol. The van der Waals surface area contributed by atoms with Crippen LogP contribution in [0, 0.1) is 0 Å². The van der Waals surface area contributed by atoms with Crippen LogP contribution in [-0.4, -0.2) is 49.0 Å². The van der Waals surface area contributed by atoms with E-state index in [9.17, 15) is 9.59 Å². The van der Waals surface area contributed by atoms with E-state index in [0.717, 1.165) is 16.8 Å². The molecule has 1 aliphatic heterocycles. The van der Waals surface area contributed by atoms with E-state index in [2.05, 4.69) is 5.32 Å². The van der Waals surface area contributed by atoms with Gasteiger partial charge < -0.3 is 29.0 Å². The maximum Gasteiger partial charge on any atom is 0.407 e. The zero-order chi connectivity index (χ0) is 25.9. The Kier molecular flexibility index (Phi) is 7.45. The number of anilines is 1. The van der Waals surface area contributed by atoms with E-state index in [1.807, 2.05) is 47.2 Å². The minimum absolute atomic E-state index is 0.0845. The van der Waals surface area contributed by atoms with Gasteiger partial charge in [0.1, 0.15) is 17.9 Å². The number of amides is 2. The van der Waals surface area contributed by atoms with Crippen LogP contribution >= 0.6 is 11.6 Å². The largest absolute Gasteiger partial charge is 0.493 e. The van der Waals surface area contributed by atoms with E-state index in [-0.39, 0.29) is 19.1 Å². The van der Waals surface area contributed by atoms with Gasteiger partial charge in [0.2, 0.25) is 0 Å². The summed E-state index contributed by atoms with van der Waals surface area (Å²) < 4.78 is 18.5. The number of carbonyl (C=O) groups excluding carboxylic acids is 2. The fourth-order valence-corrected chi connectivity index (χ4v) is 4.07. The molecule has 3 aromatic rings. The maximum atomic E-state index is 13.3. The van der Waals surface area contributed by atoms with E-state index in [4.69, 9.17) is 25.8 Å². The second-order valence-electron chi connectivity index (χ2n) is 9.38. The summed E-state index contributed by atoms with van der Waals surface area (Å²) in [5.74, 6) is 0.934. The van der Waals surface area contributed by atoms with Crippen LogP contribution in [0.25, 0.3) is 11.1 Å². The molecule has 190 valence electrons. The minimum atomic E-state index is -0.561. The Balaban J connectivity index is 1.42. The molecule has 1 N–H and O–H groups in total. The van der Waals surface area contributed by atoms with Gasteiger partial charge in [-0.25, -0.2) is 4.79 Å². The van der Waals surface area contributed by atoms with Crippen molar-refractivity contribution in [3.63, 3.8) is 0 Å². The van der Waals surface area contributed by atoms with Gasteiger partial charge in [-0.3, -0.25) is 4.79 Å². The quantitative estimate of drug-likeness (QED) is 0.431. The van der Waals surface area contributed by atoms with Crippen molar-refractivity contribution in [3.05, 3.63) is 65.4 Å². The average Bonchev–Trinajstić information content (AvgIpc) is 3.27. The molecule has 0 atom stereocenters. The molecule has 0 radical (unpaired) electrons. The fourth-order valence-electron chi connectivity index (χ4n) is 3.94. The molecular formula is C27H30ClN3O5. The number of hydrogen-bond donors (Lipinski definition) is 1. The van der Waals surface area contributed by atoms with Gasteiger partial charge in [-0.2, -0.15) is 0 Å². The Bertz CT molecular complexity index is 1250. The highest BCUT2D eigenvalue weighted by Crippen LogP contribution is 2.34. The van der Waals surface area contributed by atoms with Crippen molar-refractivity contribution in [1.29, 1.82) is 0 Å². The molecule has 4 rings (SSSR count). The molecule has 0 unspecified atom stereocenters. The summed E-state index contributed by atoms with van der Waals surface area (Å²) in [5.41, 5.74) is 2.76. The van der Waals surface area contributed by atoms with Crippen molar-refractivity contribution in [2.45, 2.75) is 32.9 Å². The summed E-state index contributed by atoms with van der Waals surface area (Å²) in [6, 6.07) is 14.8. The number of fused-ring (bicyclic) bond motifs is 1. The first-order valence-corrected chi connectivity index (χ1v) is 12.1. The Morgan fingerprint density at radius 2 is 1.78 bits per heavy atom. The molecule has 0 saturated carbocycles. The van der Waals surface area contributed by atoms with Crippen LogP contribution in [0.5, 0.6) is 11.5 Å². The van der Waals surface area contributed by atoms with Crippen LogP contribution in [0.3, 0.4) is 0 Å². The Hall–Kier alpha value is -3.65. The topological polar surface area (TPSA) is 82.0 Å². The molecule has 0 aliphatic carbocycles. The molecule has 2 amide bonds. The van der Waals surface area contributed by atoms with Gasteiger partial charge in [0.05, 0.1) is 13.7 Å². The van der Waals surface area contributed by atoms with Gasteiger partial charge in [-0.15, -0.1) is 0 Å². The predicted molar refractivity (Wildman–Crippen MR) is 139 cm³/mol. The predicted octanol–water partition coefficient (Wildman–Crippen LogP) is 5.38. The van der Waals surface area contributed by atoms with Crippen molar-refractivity contribution >= 4 is 29.3 Å². The van der Waals surface area contributed by atoms with Gasteiger partial charge in [0.25, 0.3) is 5.91 Å². The lowest BCUT2D eigenvalue weighted by molar-refractivity contribution is 0.0520. The number of carbonyl (C=O) groups is 2. The SMILES string of the molecule is COc1cc(N2CCn3cc(-c4ccc(Cl)cc4)cc3C2=O)ccc1OCCNC(=O)OC(C)(C)C. The van der Waals surface area contributed by atoms with Crippen LogP contribution in [0.2, 0.25) is 5.02 Å². The highest BCUT2D eigenvalue weighted by Gasteiger charge is 2.27. The molecule has 0 bridgehead atoms. The van der Waals surface area contributed by atoms with Crippen molar-refractivity contribution < 1.29 is 23.8 Å². The van der Waals surface area contributed by atoms with Gasteiger partial charge in [-0.05, 0) is 56.7 Å². The Labute approximate surface area is 215 Å². The van der Waals surface area contributed by atoms with E-state index < -0.39 is 11.7 Å². The number of rotatable bonds is 7. The van der Waals surface area contributed by atoms with Crippen LogP contribution in [0.15, 0.2) is 54.7 Å². The van der Waals surface area contributed by atoms with Crippen LogP contribution in [0.4, 0.5) is 10.5 Å². The summed E-state index contributed by atoms with van der Waals surface area (Å²) in [5, 5.41) is 3.32. The molecule has 1 aromatic heterocycles. The number of hydrogen-bond acceptors (Lipinski definition) is 5. The van der Waals surface area contributed by atoms with Gasteiger partial charge in [-0.1, -0.05) is 23.7 Å². The van der Waals surface area contributed by atoms with Crippen molar-refractivity contribution in [2.75, 3.05) is 31.7 Å². The smallest absolute Gasteiger partial charge is 0.407 e. The molecular weight excluding hydrogens is 482 g/mol. The minimum Gasteiger partial charge on any atom is -0.493 e. The molecule has 2 heterocycles. The zero-order valence-electron chi connectivity index (χ0n) is 20.8. The molecule has 36 heavy (non-hydrogen) atoms. The normalized spacial score (nSPS) is 13.2. The zero-order valence-corrected chi connectivity index (χ0v) is 21.6. The van der Waals surface area contributed by atoms with E-state index in [1.54, 1.807) is 44.9 Å². The first-order valence-electron chi connectivity index (χ1n) is 11.7. The average molecular weight is 512 g/mol. The first kappa shape index (κ1) is 25.4. The van der Waals surface area contributed by atoms with E-state index in [0.29, 0.717) is 35.3 Å². The lowest BCUT2D eigenvalue weighted by atomic mass is 10.1. The lowest BCUT2D eigenvalue weighted by Gasteiger charge is -2.29. The highest BCUT2D eigenvalue weighted by atomic mass is 35.5. The molecule has 2 aromatic carbocycles. The summed E-state index contributed by atoms with van der Waals surface area (Å²) in [6.07, 6.45) is 1.50. The maximum absolute atomic E-state index is 13.3. The second kappa shape index (κ2) is 10.5. The molecule has 0 spiro atoms. The number of methoxy groups -OCH3 is 1. The third-order valence-corrected chi connectivity index (χ3v) is 5.84. The second-order valence-corrected chi connectivity index (χ2v) is 9.82. The highest BCUT2D eigenvalue weighted by molar-refractivity contribution is 6.30.